The normalized spacial score (nSPS) is 11.4. The summed E-state index contributed by atoms with van der Waals surface area (Å²) in [4.78, 5) is 13.1. The highest BCUT2D eigenvalue weighted by Gasteiger charge is 2.39. The predicted molar refractivity (Wildman–Crippen MR) is 134 cm³/mol. The zero-order chi connectivity index (χ0) is 23.8. The molecule has 0 saturated carbocycles. The Labute approximate surface area is 203 Å². The molecule has 6 heteroatoms. The minimum absolute atomic E-state index is 0.362. The van der Waals surface area contributed by atoms with Crippen LogP contribution in [0.5, 0.6) is 5.75 Å². The van der Waals surface area contributed by atoms with Gasteiger partial charge < -0.3 is 9.84 Å². The molecule has 34 heavy (non-hydrogen) atoms. The molecule has 0 aliphatic rings. The van der Waals surface area contributed by atoms with Crippen molar-refractivity contribution >= 4 is 23.7 Å². The van der Waals surface area contributed by atoms with Crippen LogP contribution < -0.4 is 10.2 Å². The second-order valence-electron chi connectivity index (χ2n) is 7.59. The molecule has 0 aliphatic carbocycles. The first-order valence-electron chi connectivity index (χ1n) is 10.7. The number of amides is 1. The molecule has 5 nitrogen and oxygen atoms in total. The van der Waals surface area contributed by atoms with Crippen molar-refractivity contribution in [3.63, 3.8) is 0 Å². The fourth-order valence-electron chi connectivity index (χ4n) is 3.46. The molecule has 0 fully saturated rings. The average molecular weight is 471 g/mol. The van der Waals surface area contributed by atoms with Crippen molar-refractivity contribution in [1.82, 2.24) is 5.43 Å². The van der Waals surface area contributed by atoms with Gasteiger partial charge in [-0.3, -0.25) is 4.79 Å². The molecule has 4 rings (SSSR count). The number of nitrogens with one attached hydrogen (secondary N) is 1. The van der Waals surface area contributed by atoms with Gasteiger partial charge in [0.2, 0.25) is 0 Å². The Kier molecular flexibility index (Phi) is 7.38. The van der Waals surface area contributed by atoms with E-state index in [0.29, 0.717) is 28.5 Å². The van der Waals surface area contributed by atoms with Gasteiger partial charge in [-0.2, -0.15) is 5.10 Å². The summed E-state index contributed by atoms with van der Waals surface area (Å²) < 4.78 is 5.78. The molecule has 0 radical (unpaired) electrons. The second-order valence-corrected chi connectivity index (χ2v) is 8.00. The lowest BCUT2D eigenvalue weighted by molar-refractivity contribution is -0.136. The molecule has 0 saturated heterocycles. The number of carbonyl (C=O) groups is 1. The Hall–Kier alpha value is -3.93. The first-order valence-corrected chi connectivity index (χ1v) is 11.1. The number of nitrogens with zero attached hydrogens (tertiary/aromatic N) is 1. The zero-order valence-electron chi connectivity index (χ0n) is 18.3. The summed E-state index contributed by atoms with van der Waals surface area (Å²) in [6.07, 6.45) is 1.51. The molecule has 0 heterocycles. The Balaban J connectivity index is 1.42. The number of ether oxygens (including phenoxy) is 1. The number of hydrazone groups is 1. The van der Waals surface area contributed by atoms with Crippen molar-refractivity contribution in [2.24, 2.45) is 5.10 Å². The lowest BCUT2D eigenvalue weighted by Gasteiger charge is -2.27. The second kappa shape index (κ2) is 10.8. The predicted octanol–water partition coefficient (Wildman–Crippen LogP) is 5.31. The molecule has 0 aromatic heterocycles. The number of rotatable bonds is 8. The van der Waals surface area contributed by atoms with Crippen LogP contribution in [0, 0.1) is 0 Å². The van der Waals surface area contributed by atoms with E-state index in [9.17, 15) is 9.90 Å². The summed E-state index contributed by atoms with van der Waals surface area (Å²) in [5.74, 6) is 0.0319. The minimum atomic E-state index is -1.88. The average Bonchev–Trinajstić information content (AvgIpc) is 2.89. The van der Waals surface area contributed by atoms with Crippen LogP contribution in [0.2, 0.25) is 5.02 Å². The van der Waals surface area contributed by atoms with Crippen LogP contribution in [0.1, 0.15) is 22.3 Å². The number of hydrogen-bond acceptors (Lipinski definition) is 4. The maximum absolute atomic E-state index is 13.1. The summed E-state index contributed by atoms with van der Waals surface area (Å²) in [6, 6.07) is 32.3. The van der Waals surface area contributed by atoms with E-state index < -0.39 is 11.5 Å². The van der Waals surface area contributed by atoms with Crippen LogP contribution in [0.25, 0.3) is 0 Å². The van der Waals surface area contributed by atoms with Crippen LogP contribution in [-0.2, 0) is 17.0 Å². The fourth-order valence-corrected chi connectivity index (χ4v) is 3.65. The van der Waals surface area contributed by atoms with Crippen molar-refractivity contribution in [3.05, 3.63) is 136 Å². The van der Waals surface area contributed by atoms with E-state index in [4.69, 9.17) is 16.3 Å². The summed E-state index contributed by atoms with van der Waals surface area (Å²) in [6.45, 7) is 0.362. The number of halogens is 1. The van der Waals surface area contributed by atoms with Crippen LogP contribution >= 0.6 is 11.6 Å². The summed E-state index contributed by atoms with van der Waals surface area (Å²) >= 11 is 6.16. The van der Waals surface area contributed by atoms with Gasteiger partial charge >= 0.3 is 0 Å². The van der Waals surface area contributed by atoms with Crippen molar-refractivity contribution in [3.8, 4) is 5.75 Å². The van der Waals surface area contributed by atoms with Gasteiger partial charge in [0.15, 0.2) is 5.60 Å². The summed E-state index contributed by atoms with van der Waals surface area (Å²) in [5, 5.41) is 16.1. The van der Waals surface area contributed by atoms with E-state index in [2.05, 4.69) is 10.5 Å². The van der Waals surface area contributed by atoms with E-state index in [-0.39, 0.29) is 0 Å². The van der Waals surface area contributed by atoms with E-state index in [1.807, 2.05) is 60.7 Å². The molecule has 4 aromatic carbocycles. The molecule has 0 atom stereocenters. The molecule has 170 valence electrons. The number of benzene rings is 4. The molecule has 0 aliphatic heterocycles. The van der Waals surface area contributed by atoms with Gasteiger partial charge in [0, 0.05) is 10.6 Å². The lowest BCUT2D eigenvalue weighted by Crippen LogP contribution is -2.43. The number of carbonyl (C=O) groups excluding carboxylic acids is 1. The third-order valence-electron chi connectivity index (χ3n) is 5.32. The summed E-state index contributed by atoms with van der Waals surface area (Å²) in [5.41, 5.74) is 3.16. The van der Waals surface area contributed by atoms with E-state index in [1.54, 1.807) is 48.5 Å². The quantitative estimate of drug-likeness (QED) is 0.271. The van der Waals surface area contributed by atoms with Crippen LogP contribution in [-0.4, -0.2) is 17.2 Å². The van der Waals surface area contributed by atoms with Gasteiger partial charge in [-0.1, -0.05) is 90.5 Å². The third-order valence-corrected chi connectivity index (χ3v) is 5.69. The van der Waals surface area contributed by atoms with Gasteiger partial charge in [-0.25, -0.2) is 5.43 Å². The Morgan fingerprint density at radius 3 is 2.00 bits per heavy atom. The van der Waals surface area contributed by atoms with Crippen molar-refractivity contribution in [1.29, 1.82) is 0 Å². The van der Waals surface area contributed by atoms with Gasteiger partial charge in [0.05, 0.1) is 6.21 Å². The highest BCUT2D eigenvalue weighted by Crippen LogP contribution is 2.29. The minimum Gasteiger partial charge on any atom is -0.489 e. The largest absolute Gasteiger partial charge is 0.489 e. The SMILES string of the molecule is O=C(NN=Cc1ccc(OCc2ccccc2Cl)cc1)C(O)(c1ccccc1)c1ccccc1. The van der Waals surface area contributed by atoms with Gasteiger partial charge in [0.1, 0.15) is 12.4 Å². The highest BCUT2D eigenvalue weighted by atomic mass is 35.5. The molecule has 4 aromatic rings. The van der Waals surface area contributed by atoms with Crippen molar-refractivity contribution < 1.29 is 14.6 Å². The fraction of sp³-hybridized carbons (Fsp3) is 0.0714. The molecule has 2 N–H and O–H groups in total. The van der Waals surface area contributed by atoms with Gasteiger partial charge in [-0.15, -0.1) is 0 Å². The molecule has 1 amide bonds. The Morgan fingerprint density at radius 2 is 1.41 bits per heavy atom. The maximum atomic E-state index is 13.1. The first-order chi connectivity index (χ1) is 16.6. The first kappa shape index (κ1) is 23.2. The zero-order valence-corrected chi connectivity index (χ0v) is 19.0. The molecular formula is C28H23ClN2O3. The van der Waals surface area contributed by atoms with E-state index >= 15 is 0 Å². The van der Waals surface area contributed by atoms with Crippen LogP contribution in [0.3, 0.4) is 0 Å². The van der Waals surface area contributed by atoms with Crippen molar-refractivity contribution in [2.45, 2.75) is 12.2 Å². The lowest BCUT2D eigenvalue weighted by atomic mass is 9.85. The van der Waals surface area contributed by atoms with E-state index in [0.717, 1.165) is 11.1 Å². The Bertz CT molecular complexity index is 1220. The number of aliphatic hydroxyl groups is 1. The van der Waals surface area contributed by atoms with Crippen molar-refractivity contribution in [2.75, 3.05) is 0 Å². The summed E-state index contributed by atoms with van der Waals surface area (Å²) in [7, 11) is 0. The monoisotopic (exact) mass is 470 g/mol. The number of hydrogen-bond donors (Lipinski definition) is 2. The highest BCUT2D eigenvalue weighted by molar-refractivity contribution is 6.31. The smallest absolute Gasteiger partial charge is 0.281 e. The molecule has 0 unspecified atom stereocenters. The van der Waals surface area contributed by atoms with Gasteiger partial charge in [0.25, 0.3) is 5.91 Å². The molecule has 0 spiro atoms. The molecule has 0 bridgehead atoms. The van der Waals surface area contributed by atoms with E-state index in [1.165, 1.54) is 6.21 Å². The van der Waals surface area contributed by atoms with Crippen LogP contribution in [0.15, 0.2) is 114 Å². The standard InChI is InChI=1S/C28H23ClN2O3/c29-26-14-8-7-9-22(26)20-34-25-17-15-21(16-18-25)19-30-31-27(32)28(33,23-10-3-1-4-11-23)24-12-5-2-6-13-24/h1-19,33H,20H2,(H,31,32). The van der Waals surface area contributed by atoms with Gasteiger partial charge in [-0.05, 0) is 47.0 Å². The van der Waals surface area contributed by atoms with Crippen LogP contribution in [0.4, 0.5) is 0 Å². The Morgan fingerprint density at radius 1 is 0.853 bits per heavy atom. The maximum Gasteiger partial charge on any atom is 0.281 e. The molecular weight excluding hydrogens is 448 g/mol. The third kappa shape index (κ3) is 5.34. The topological polar surface area (TPSA) is 70.9 Å².